The predicted octanol–water partition coefficient (Wildman–Crippen LogP) is 5.30. The van der Waals surface area contributed by atoms with Gasteiger partial charge >= 0.3 is 0 Å². The first kappa shape index (κ1) is 18.3. The van der Waals surface area contributed by atoms with Gasteiger partial charge in [-0.05, 0) is 80.0 Å². The van der Waals surface area contributed by atoms with Crippen molar-refractivity contribution in [2.75, 3.05) is 0 Å². The highest BCUT2D eigenvalue weighted by atomic mass is 35.5. The van der Waals surface area contributed by atoms with Crippen LogP contribution in [0.1, 0.15) is 65.2 Å². The minimum absolute atomic E-state index is 0.0322. The molecule has 25 heavy (non-hydrogen) atoms. The smallest absolute Gasteiger partial charge is 0.169 e. The molecule has 3 fully saturated rings. The van der Waals surface area contributed by atoms with E-state index in [1.165, 1.54) is 12.0 Å². The van der Waals surface area contributed by atoms with Gasteiger partial charge in [0.15, 0.2) is 10.6 Å². The molecule has 4 rings (SSSR count). The monoisotopic (exact) mass is 384 g/mol. The van der Waals surface area contributed by atoms with E-state index in [0.29, 0.717) is 17.8 Å². The summed E-state index contributed by atoms with van der Waals surface area (Å²) in [6, 6.07) is 0. The standard InChI is InChI=1S/C21H30Cl2O2/c1-20-9-7-13(24)11-12(20)3-4-14-15-5-6-17(18(25)19(22)23)21(15,2)10-8-16(14)20/h3,13-17,19,24H,4-11H2,1-2H3/t13-,14-,15-,16-,17+,20-,21-/m0/s1. The number of carbonyl (C=O) groups is 1. The highest BCUT2D eigenvalue weighted by Crippen LogP contribution is 2.66. The van der Waals surface area contributed by atoms with E-state index in [1.807, 2.05) is 0 Å². The van der Waals surface area contributed by atoms with Crippen molar-refractivity contribution in [3.63, 3.8) is 0 Å². The van der Waals surface area contributed by atoms with Crippen molar-refractivity contribution in [3.8, 4) is 0 Å². The molecule has 0 bridgehead atoms. The number of aliphatic hydroxyl groups is 1. The van der Waals surface area contributed by atoms with Crippen LogP contribution in [-0.2, 0) is 4.79 Å². The molecule has 3 saturated carbocycles. The van der Waals surface area contributed by atoms with Gasteiger partial charge in [-0.25, -0.2) is 0 Å². The Hall–Kier alpha value is -0.0500. The maximum Gasteiger partial charge on any atom is 0.169 e. The Kier molecular flexibility index (Phi) is 4.57. The van der Waals surface area contributed by atoms with E-state index in [1.54, 1.807) is 0 Å². The predicted molar refractivity (Wildman–Crippen MR) is 102 cm³/mol. The Morgan fingerprint density at radius 1 is 1.16 bits per heavy atom. The van der Waals surface area contributed by atoms with Crippen LogP contribution in [0.25, 0.3) is 0 Å². The molecule has 0 heterocycles. The first-order valence-corrected chi connectivity index (χ1v) is 10.8. The Labute approximate surface area is 161 Å². The zero-order valence-electron chi connectivity index (χ0n) is 15.3. The van der Waals surface area contributed by atoms with Crippen molar-refractivity contribution in [2.45, 2.75) is 76.2 Å². The number of allylic oxidation sites excluding steroid dienone is 1. The normalized spacial score (nSPS) is 49.2. The van der Waals surface area contributed by atoms with E-state index in [9.17, 15) is 9.90 Å². The summed E-state index contributed by atoms with van der Waals surface area (Å²) in [6.45, 7) is 4.77. The fourth-order valence-electron chi connectivity index (χ4n) is 7.26. The molecule has 0 spiro atoms. The second-order valence-corrected chi connectivity index (χ2v) is 10.6. The Morgan fingerprint density at radius 3 is 2.64 bits per heavy atom. The molecular weight excluding hydrogens is 355 g/mol. The van der Waals surface area contributed by atoms with Crippen LogP contribution >= 0.6 is 23.2 Å². The lowest BCUT2D eigenvalue weighted by molar-refractivity contribution is -0.128. The van der Waals surface area contributed by atoms with Crippen LogP contribution in [0.4, 0.5) is 0 Å². The minimum atomic E-state index is -0.881. The number of rotatable bonds is 2. The Balaban J connectivity index is 1.63. The molecule has 0 aromatic carbocycles. The quantitative estimate of drug-likeness (QED) is 0.517. The second kappa shape index (κ2) is 6.24. The number of alkyl halides is 2. The van der Waals surface area contributed by atoms with Crippen LogP contribution in [0.3, 0.4) is 0 Å². The van der Waals surface area contributed by atoms with Gasteiger partial charge in [-0.15, -0.1) is 0 Å². The molecule has 4 heteroatoms. The Morgan fingerprint density at radius 2 is 1.92 bits per heavy atom. The van der Waals surface area contributed by atoms with Gasteiger partial charge in [0.1, 0.15) is 0 Å². The molecule has 0 unspecified atom stereocenters. The van der Waals surface area contributed by atoms with Crippen LogP contribution < -0.4 is 0 Å². The molecule has 0 radical (unpaired) electrons. The maximum atomic E-state index is 12.6. The van der Waals surface area contributed by atoms with E-state index in [2.05, 4.69) is 19.9 Å². The summed E-state index contributed by atoms with van der Waals surface area (Å²) in [5.74, 6) is 2.06. The van der Waals surface area contributed by atoms with Gasteiger partial charge in [0.2, 0.25) is 0 Å². The van der Waals surface area contributed by atoms with E-state index in [0.717, 1.165) is 44.9 Å². The lowest BCUT2D eigenvalue weighted by Gasteiger charge is -2.58. The molecule has 0 amide bonds. The zero-order chi connectivity index (χ0) is 18.0. The van der Waals surface area contributed by atoms with Crippen molar-refractivity contribution >= 4 is 29.0 Å². The number of Topliss-reactive ketones (excluding diaryl/α,β-unsaturated/α-hetero) is 1. The zero-order valence-corrected chi connectivity index (χ0v) is 16.8. The number of aliphatic hydroxyl groups excluding tert-OH is 1. The van der Waals surface area contributed by atoms with E-state index in [4.69, 9.17) is 23.2 Å². The van der Waals surface area contributed by atoms with Gasteiger partial charge in [-0.3, -0.25) is 4.79 Å². The molecular formula is C21H30Cl2O2. The molecule has 4 aliphatic carbocycles. The number of halogens is 2. The van der Waals surface area contributed by atoms with Crippen molar-refractivity contribution in [2.24, 2.45) is 34.5 Å². The highest BCUT2D eigenvalue weighted by Gasteiger charge is 2.60. The molecule has 0 saturated heterocycles. The molecule has 140 valence electrons. The molecule has 0 aliphatic heterocycles. The highest BCUT2D eigenvalue weighted by molar-refractivity contribution is 6.53. The van der Waals surface area contributed by atoms with Crippen LogP contribution in [0, 0.1) is 34.5 Å². The topological polar surface area (TPSA) is 37.3 Å². The summed E-state index contributed by atoms with van der Waals surface area (Å²) >= 11 is 11.9. The van der Waals surface area contributed by atoms with Crippen LogP contribution in [0.2, 0.25) is 0 Å². The van der Waals surface area contributed by atoms with Crippen LogP contribution in [-0.4, -0.2) is 21.8 Å². The van der Waals surface area contributed by atoms with Crippen molar-refractivity contribution in [1.29, 1.82) is 0 Å². The minimum Gasteiger partial charge on any atom is -0.393 e. The summed E-state index contributed by atoms with van der Waals surface area (Å²) in [5.41, 5.74) is 1.83. The lowest BCUT2D eigenvalue weighted by atomic mass is 9.47. The van der Waals surface area contributed by atoms with Gasteiger partial charge < -0.3 is 5.11 Å². The summed E-state index contributed by atoms with van der Waals surface area (Å²) in [4.78, 5) is 11.7. The number of fused-ring (bicyclic) bond motifs is 5. The maximum absolute atomic E-state index is 12.6. The van der Waals surface area contributed by atoms with Gasteiger partial charge in [0, 0.05) is 5.92 Å². The van der Waals surface area contributed by atoms with E-state index in [-0.39, 0.29) is 28.6 Å². The first-order chi connectivity index (χ1) is 11.8. The molecule has 2 nitrogen and oxygen atoms in total. The number of carbonyl (C=O) groups excluding carboxylic acids is 1. The molecule has 4 aliphatic rings. The second-order valence-electron chi connectivity index (χ2n) is 9.53. The molecule has 0 aromatic heterocycles. The third kappa shape index (κ3) is 2.65. The van der Waals surface area contributed by atoms with E-state index >= 15 is 0 Å². The number of hydrogen-bond acceptors (Lipinski definition) is 2. The van der Waals surface area contributed by atoms with Gasteiger partial charge in [0.05, 0.1) is 6.10 Å². The summed E-state index contributed by atoms with van der Waals surface area (Å²) in [7, 11) is 0. The lowest BCUT2D eigenvalue weighted by Crippen LogP contribution is -2.51. The van der Waals surface area contributed by atoms with Crippen molar-refractivity contribution in [3.05, 3.63) is 11.6 Å². The van der Waals surface area contributed by atoms with Gasteiger partial charge in [-0.2, -0.15) is 0 Å². The van der Waals surface area contributed by atoms with Gasteiger partial charge in [-0.1, -0.05) is 48.7 Å². The summed E-state index contributed by atoms with van der Waals surface area (Å²) in [6.07, 6.45) is 10.7. The SMILES string of the molecule is C[C@]12CC[C@H]3[C@@H](CC=C4C[C@@H](O)CC[C@@]43C)[C@@H]1CC[C@@H]2C(=O)C(Cl)Cl. The number of hydrogen-bond donors (Lipinski definition) is 1. The molecule has 7 atom stereocenters. The third-order valence-corrected chi connectivity index (χ3v) is 9.07. The average Bonchev–Trinajstić information content (AvgIpc) is 2.92. The largest absolute Gasteiger partial charge is 0.393 e. The van der Waals surface area contributed by atoms with Gasteiger partial charge in [0.25, 0.3) is 0 Å². The van der Waals surface area contributed by atoms with Crippen LogP contribution in [0.5, 0.6) is 0 Å². The summed E-state index contributed by atoms with van der Waals surface area (Å²) in [5, 5.41) is 10.1. The Bertz CT molecular complexity index is 601. The fraction of sp³-hybridized carbons (Fsp3) is 0.857. The van der Waals surface area contributed by atoms with E-state index < -0.39 is 4.84 Å². The van der Waals surface area contributed by atoms with Crippen molar-refractivity contribution in [1.82, 2.24) is 0 Å². The van der Waals surface area contributed by atoms with Crippen LogP contribution in [0.15, 0.2) is 11.6 Å². The first-order valence-electron chi connectivity index (χ1n) is 9.97. The van der Waals surface area contributed by atoms with Crippen molar-refractivity contribution < 1.29 is 9.90 Å². The third-order valence-electron chi connectivity index (χ3n) is 8.64. The summed E-state index contributed by atoms with van der Waals surface area (Å²) < 4.78 is 0. The molecule has 0 aromatic rings. The number of ketones is 1. The molecule has 1 N–H and O–H groups in total. The fourth-order valence-corrected chi connectivity index (χ4v) is 7.57. The average molecular weight is 385 g/mol.